The molecule has 0 spiro atoms. The van der Waals surface area contributed by atoms with Crippen molar-refractivity contribution in [3.05, 3.63) is 24.3 Å². The number of aliphatic carboxylic acids is 1. The van der Waals surface area contributed by atoms with Gasteiger partial charge in [0.25, 0.3) is 0 Å². The van der Waals surface area contributed by atoms with Crippen LogP contribution in [0.15, 0.2) is 24.3 Å². The number of carboxylic acids is 1. The molecule has 2 aliphatic rings. The molecule has 1 saturated heterocycles. The largest absolute Gasteiger partial charge is 0.481 e. The monoisotopic (exact) mass is 342 g/mol. The molecule has 0 aromatic heterocycles. The van der Waals surface area contributed by atoms with E-state index < -0.39 is 61.0 Å². The highest BCUT2D eigenvalue weighted by Gasteiger charge is 2.65. The Morgan fingerprint density at radius 1 is 1.42 bits per heavy atom. The maximum absolute atomic E-state index is 12.3. The second-order valence-electron chi connectivity index (χ2n) is 5.64. The van der Waals surface area contributed by atoms with Crippen molar-refractivity contribution in [1.29, 1.82) is 0 Å². The Balaban J connectivity index is 2.26. The summed E-state index contributed by atoms with van der Waals surface area (Å²) < 4.78 is 15.4. The molecule has 3 N–H and O–H groups in total. The van der Waals surface area contributed by atoms with Crippen LogP contribution in [0, 0.1) is 11.8 Å². The number of carboxylic acid groups (broad SMARTS) is 1. The molecule has 2 rings (SSSR count). The minimum Gasteiger partial charge on any atom is -0.481 e. The number of aliphatic hydroxyl groups is 2. The molecule has 5 atom stereocenters. The summed E-state index contributed by atoms with van der Waals surface area (Å²) in [6, 6.07) is 0. The Morgan fingerprint density at radius 3 is 2.62 bits per heavy atom. The summed E-state index contributed by atoms with van der Waals surface area (Å²) in [5, 5.41) is 27.4. The van der Waals surface area contributed by atoms with Gasteiger partial charge in [-0.15, -0.1) is 0 Å². The first kappa shape index (κ1) is 18.1. The average Bonchev–Trinajstić information content (AvgIpc) is 3.07. The zero-order valence-electron chi connectivity index (χ0n) is 12.9. The molecule has 0 amide bonds. The number of ether oxygens (including phenoxy) is 3. The van der Waals surface area contributed by atoms with E-state index in [1.54, 1.807) is 0 Å². The number of esters is 2. The van der Waals surface area contributed by atoms with Crippen molar-refractivity contribution in [3.63, 3.8) is 0 Å². The molecule has 0 radical (unpaired) electrons. The molecular formula is C15H18O9. The van der Waals surface area contributed by atoms with Crippen molar-refractivity contribution in [1.82, 2.24) is 0 Å². The quantitative estimate of drug-likeness (QED) is 0.301. The molecule has 0 saturated carbocycles. The normalized spacial score (nSPS) is 31.5. The van der Waals surface area contributed by atoms with Crippen molar-refractivity contribution in [2.45, 2.75) is 24.9 Å². The number of rotatable bonds is 7. The van der Waals surface area contributed by atoms with E-state index in [4.69, 9.17) is 19.3 Å². The molecule has 2 heterocycles. The van der Waals surface area contributed by atoms with E-state index >= 15 is 0 Å². The van der Waals surface area contributed by atoms with Crippen LogP contribution in [0.25, 0.3) is 0 Å². The molecule has 9 nitrogen and oxygen atoms in total. The first-order chi connectivity index (χ1) is 11.2. The second kappa shape index (κ2) is 6.71. The van der Waals surface area contributed by atoms with E-state index in [-0.39, 0.29) is 5.57 Å². The van der Waals surface area contributed by atoms with Crippen molar-refractivity contribution in [2.24, 2.45) is 11.8 Å². The Morgan fingerprint density at radius 2 is 2.08 bits per heavy atom. The van der Waals surface area contributed by atoms with Gasteiger partial charge in [0.2, 0.25) is 5.79 Å². The van der Waals surface area contributed by atoms with E-state index in [0.29, 0.717) is 0 Å². The van der Waals surface area contributed by atoms with Crippen LogP contribution < -0.4 is 0 Å². The minimum atomic E-state index is -1.90. The molecule has 2 bridgehead atoms. The van der Waals surface area contributed by atoms with Gasteiger partial charge in [0.15, 0.2) is 0 Å². The standard InChI is InChI=1S/C15H18O9/c1-7(2)13(20)24-15-4-3-9(23-15)10(12(18)19)11(15)14(21)22-6-8(17)5-16/h3-4,8-11,16-17H,1,5-6H2,2H3,(H,18,19)/t8?,9-,10-,11+,15-/m1/s1. The zero-order chi connectivity index (χ0) is 18.1. The van der Waals surface area contributed by atoms with Gasteiger partial charge in [-0.05, 0) is 13.0 Å². The van der Waals surface area contributed by atoms with Gasteiger partial charge in [0, 0.05) is 5.57 Å². The molecular weight excluding hydrogens is 324 g/mol. The molecule has 0 aliphatic carbocycles. The van der Waals surface area contributed by atoms with Gasteiger partial charge in [-0.3, -0.25) is 9.59 Å². The van der Waals surface area contributed by atoms with E-state index in [1.807, 2.05) is 0 Å². The number of carbonyl (C=O) groups is 3. The fourth-order valence-electron chi connectivity index (χ4n) is 2.60. The molecule has 9 heteroatoms. The fourth-order valence-corrected chi connectivity index (χ4v) is 2.60. The smallest absolute Gasteiger partial charge is 0.335 e. The number of aliphatic hydroxyl groups excluding tert-OH is 2. The lowest BCUT2D eigenvalue weighted by molar-refractivity contribution is -0.208. The summed E-state index contributed by atoms with van der Waals surface area (Å²) in [5.41, 5.74) is 0.0476. The second-order valence-corrected chi connectivity index (χ2v) is 5.64. The topological polar surface area (TPSA) is 140 Å². The van der Waals surface area contributed by atoms with Crippen LogP contribution in [0.4, 0.5) is 0 Å². The van der Waals surface area contributed by atoms with Crippen LogP contribution in [-0.4, -0.2) is 64.4 Å². The van der Waals surface area contributed by atoms with Gasteiger partial charge in [-0.1, -0.05) is 12.7 Å². The molecule has 132 valence electrons. The summed E-state index contributed by atoms with van der Waals surface area (Å²) in [5.74, 6) is -7.84. The van der Waals surface area contributed by atoms with Crippen molar-refractivity contribution in [3.8, 4) is 0 Å². The van der Waals surface area contributed by atoms with E-state index in [1.165, 1.54) is 19.1 Å². The lowest BCUT2D eigenvalue weighted by Gasteiger charge is -2.30. The lowest BCUT2D eigenvalue weighted by atomic mass is 9.81. The van der Waals surface area contributed by atoms with E-state index in [2.05, 4.69) is 6.58 Å². The van der Waals surface area contributed by atoms with Gasteiger partial charge in [-0.2, -0.15) is 0 Å². The van der Waals surface area contributed by atoms with Crippen LogP contribution in [0.1, 0.15) is 6.92 Å². The van der Waals surface area contributed by atoms with Crippen molar-refractivity contribution in [2.75, 3.05) is 13.2 Å². The van der Waals surface area contributed by atoms with E-state index in [9.17, 15) is 24.6 Å². The first-order valence-electron chi connectivity index (χ1n) is 7.16. The van der Waals surface area contributed by atoms with Gasteiger partial charge in [-0.25, -0.2) is 4.79 Å². The fraction of sp³-hybridized carbons (Fsp3) is 0.533. The summed E-state index contributed by atoms with van der Waals surface area (Å²) >= 11 is 0. The highest BCUT2D eigenvalue weighted by Crippen LogP contribution is 2.48. The Bertz CT molecular complexity index is 596. The number of hydrogen-bond acceptors (Lipinski definition) is 8. The summed E-state index contributed by atoms with van der Waals surface area (Å²) in [6.45, 7) is 3.66. The van der Waals surface area contributed by atoms with Crippen LogP contribution in [0.3, 0.4) is 0 Å². The van der Waals surface area contributed by atoms with Crippen molar-refractivity contribution < 1.29 is 43.9 Å². The van der Waals surface area contributed by atoms with Gasteiger partial charge in [0.05, 0.1) is 12.7 Å². The Kier molecular flexibility index (Phi) is 5.07. The molecule has 24 heavy (non-hydrogen) atoms. The van der Waals surface area contributed by atoms with Crippen LogP contribution in [0.2, 0.25) is 0 Å². The molecule has 1 fully saturated rings. The molecule has 1 unspecified atom stereocenters. The van der Waals surface area contributed by atoms with Crippen molar-refractivity contribution >= 4 is 17.9 Å². The van der Waals surface area contributed by atoms with Gasteiger partial charge in [0.1, 0.15) is 24.5 Å². The predicted molar refractivity (Wildman–Crippen MR) is 76.3 cm³/mol. The highest BCUT2D eigenvalue weighted by molar-refractivity contribution is 5.89. The molecule has 0 aromatic carbocycles. The number of carbonyl (C=O) groups excluding carboxylic acids is 2. The third kappa shape index (κ3) is 3.18. The Hall–Kier alpha value is -2.23. The summed E-state index contributed by atoms with van der Waals surface area (Å²) in [7, 11) is 0. The molecule has 2 aliphatic heterocycles. The Labute approximate surface area is 137 Å². The van der Waals surface area contributed by atoms with Crippen LogP contribution in [0.5, 0.6) is 0 Å². The highest BCUT2D eigenvalue weighted by atomic mass is 16.7. The molecule has 0 aromatic rings. The van der Waals surface area contributed by atoms with Gasteiger partial charge < -0.3 is 29.5 Å². The number of hydrogen-bond donors (Lipinski definition) is 3. The summed E-state index contributed by atoms with van der Waals surface area (Å²) in [4.78, 5) is 35.6. The average molecular weight is 342 g/mol. The lowest BCUT2D eigenvalue weighted by Crippen LogP contribution is -2.47. The third-order valence-corrected chi connectivity index (χ3v) is 3.75. The maximum atomic E-state index is 12.3. The third-order valence-electron chi connectivity index (χ3n) is 3.75. The van der Waals surface area contributed by atoms with Crippen LogP contribution >= 0.6 is 0 Å². The number of fused-ring (bicyclic) bond motifs is 2. The zero-order valence-corrected chi connectivity index (χ0v) is 12.9. The summed E-state index contributed by atoms with van der Waals surface area (Å²) in [6.07, 6.45) is 0.436. The predicted octanol–water partition coefficient (Wildman–Crippen LogP) is -1.02. The van der Waals surface area contributed by atoms with Gasteiger partial charge >= 0.3 is 17.9 Å². The SMILES string of the molecule is C=C(C)C(=O)O[C@@]12C=C[C@@H](O1)[C@@H](C(=O)O)[C@H]2C(=O)OCC(O)CO. The van der Waals surface area contributed by atoms with E-state index in [0.717, 1.165) is 0 Å². The minimum absolute atomic E-state index is 0.0476. The first-order valence-corrected chi connectivity index (χ1v) is 7.16. The van der Waals surface area contributed by atoms with Crippen LogP contribution in [-0.2, 0) is 28.6 Å². The maximum Gasteiger partial charge on any atom is 0.335 e.